The Hall–Kier alpha value is -1.88. The van der Waals surface area contributed by atoms with Gasteiger partial charge in [-0.2, -0.15) is 0 Å². The SMILES string of the molecule is COC(=O)c1cccc(NC(=O)C2C3CCC(C3)C2N)c1. The van der Waals surface area contributed by atoms with Gasteiger partial charge in [-0.05, 0) is 49.3 Å². The van der Waals surface area contributed by atoms with Crippen molar-refractivity contribution in [2.45, 2.75) is 25.3 Å². The molecule has 2 bridgehead atoms. The molecule has 0 aromatic heterocycles. The summed E-state index contributed by atoms with van der Waals surface area (Å²) in [5.41, 5.74) is 7.22. The molecule has 0 saturated heterocycles. The zero-order valence-corrected chi connectivity index (χ0v) is 12.0. The van der Waals surface area contributed by atoms with E-state index in [1.54, 1.807) is 24.3 Å². The first-order valence-electron chi connectivity index (χ1n) is 7.35. The van der Waals surface area contributed by atoms with E-state index < -0.39 is 5.97 Å². The normalized spacial score (nSPS) is 30.2. The number of benzene rings is 1. The monoisotopic (exact) mass is 288 g/mol. The van der Waals surface area contributed by atoms with Crippen LogP contribution in [0.15, 0.2) is 24.3 Å². The Labute approximate surface area is 123 Å². The topological polar surface area (TPSA) is 81.4 Å². The second-order valence-corrected chi connectivity index (χ2v) is 6.00. The molecule has 3 N–H and O–H groups in total. The van der Waals surface area contributed by atoms with Crippen molar-refractivity contribution in [3.8, 4) is 0 Å². The fourth-order valence-electron chi connectivity index (χ4n) is 3.79. The van der Waals surface area contributed by atoms with E-state index in [0.717, 1.165) is 19.3 Å². The number of nitrogens with one attached hydrogen (secondary N) is 1. The minimum atomic E-state index is -0.414. The highest BCUT2D eigenvalue weighted by molar-refractivity contribution is 5.96. The van der Waals surface area contributed by atoms with Crippen molar-refractivity contribution in [2.75, 3.05) is 12.4 Å². The molecule has 1 aromatic rings. The average molecular weight is 288 g/mol. The molecule has 0 radical (unpaired) electrons. The molecule has 2 aliphatic rings. The third kappa shape index (κ3) is 2.53. The van der Waals surface area contributed by atoms with Crippen LogP contribution in [0.3, 0.4) is 0 Å². The van der Waals surface area contributed by atoms with Gasteiger partial charge in [-0.25, -0.2) is 4.79 Å². The minimum absolute atomic E-state index is 0.0308. The molecule has 4 atom stereocenters. The number of anilines is 1. The minimum Gasteiger partial charge on any atom is -0.465 e. The van der Waals surface area contributed by atoms with Crippen LogP contribution in [0.2, 0.25) is 0 Å². The number of fused-ring (bicyclic) bond motifs is 2. The van der Waals surface area contributed by atoms with Gasteiger partial charge in [0.05, 0.1) is 18.6 Å². The summed E-state index contributed by atoms with van der Waals surface area (Å²) in [4.78, 5) is 24.0. The van der Waals surface area contributed by atoms with Gasteiger partial charge < -0.3 is 15.8 Å². The zero-order chi connectivity index (χ0) is 15.0. The molecular formula is C16H20N2O3. The summed E-state index contributed by atoms with van der Waals surface area (Å²) in [6.07, 6.45) is 3.31. The quantitative estimate of drug-likeness (QED) is 0.831. The van der Waals surface area contributed by atoms with Crippen LogP contribution in [-0.4, -0.2) is 25.0 Å². The van der Waals surface area contributed by atoms with E-state index in [-0.39, 0.29) is 17.9 Å². The first kappa shape index (κ1) is 14.1. The van der Waals surface area contributed by atoms with E-state index in [9.17, 15) is 9.59 Å². The molecule has 112 valence electrons. The molecule has 1 amide bonds. The lowest BCUT2D eigenvalue weighted by molar-refractivity contribution is -0.121. The first-order valence-corrected chi connectivity index (χ1v) is 7.35. The number of methoxy groups -OCH3 is 1. The smallest absolute Gasteiger partial charge is 0.337 e. The maximum Gasteiger partial charge on any atom is 0.337 e. The summed E-state index contributed by atoms with van der Waals surface area (Å²) in [6, 6.07) is 6.74. The molecule has 5 nitrogen and oxygen atoms in total. The van der Waals surface area contributed by atoms with Crippen LogP contribution in [0.5, 0.6) is 0 Å². The molecule has 21 heavy (non-hydrogen) atoms. The molecule has 3 rings (SSSR count). The largest absolute Gasteiger partial charge is 0.465 e. The van der Waals surface area contributed by atoms with Crippen molar-refractivity contribution in [3.05, 3.63) is 29.8 Å². The van der Waals surface area contributed by atoms with Crippen molar-refractivity contribution in [1.29, 1.82) is 0 Å². The fraction of sp³-hybridized carbons (Fsp3) is 0.500. The van der Waals surface area contributed by atoms with E-state index in [1.165, 1.54) is 7.11 Å². The number of hydrogen-bond donors (Lipinski definition) is 2. The third-order valence-corrected chi connectivity index (χ3v) is 4.83. The van der Waals surface area contributed by atoms with Gasteiger partial charge in [0, 0.05) is 11.7 Å². The van der Waals surface area contributed by atoms with E-state index in [0.29, 0.717) is 23.1 Å². The van der Waals surface area contributed by atoms with Crippen LogP contribution < -0.4 is 11.1 Å². The van der Waals surface area contributed by atoms with Crippen LogP contribution in [0.1, 0.15) is 29.6 Å². The van der Waals surface area contributed by atoms with Crippen molar-refractivity contribution in [2.24, 2.45) is 23.5 Å². The first-order chi connectivity index (χ1) is 10.1. The van der Waals surface area contributed by atoms with Crippen LogP contribution in [0, 0.1) is 17.8 Å². The number of rotatable bonds is 3. The molecule has 5 heteroatoms. The highest BCUT2D eigenvalue weighted by Gasteiger charge is 2.49. The average Bonchev–Trinajstić information content (AvgIpc) is 3.07. The van der Waals surface area contributed by atoms with Gasteiger partial charge in [0.2, 0.25) is 5.91 Å². The summed E-state index contributed by atoms with van der Waals surface area (Å²) in [6.45, 7) is 0. The van der Waals surface area contributed by atoms with Crippen LogP contribution in [0.4, 0.5) is 5.69 Å². The molecule has 0 heterocycles. The number of ether oxygens (including phenoxy) is 1. The molecule has 2 fully saturated rings. The van der Waals surface area contributed by atoms with Crippen LogP contribution in [-0.2, 0) is 9.53 Å². The molecule has 2 saturated carbocycles. The Morgan fingerprint density at radius 1 is 1.29 bits per heavy atom. The lowest BCUT2D eigenvalue weighted by Crippen LogP contribution is -2.42. The number of hydrogen-bond acceptors (Lipinski definition) is 4. The summed E-state index contributed by atoms with van der Waals surface area (Å²) >= 11 is 0. The number of carbonyl (C=O) groups is 2. The van der Waals surface area contributed by atoms with Gasteiger partial charge >= 0.3 is 5.97 Å². The summed E-state index contributed by atoms with van der Waals surface area (Å²) < 4.78 is 4.68. The second-order valence-electron chi connectivity index (χ2n) is 6.00. The van der Waals surface area contributed by atoms with Gasteiger partial charge in [-0.15, -0.1) is 0 Å². The lowest BCUT2D eigenvalue weighted by Gasteiger charge is -2.27. The number of nitrogens with two attached hydrogens (primary N) is 1. The van der Waals surface area contributed by atoms with E-state index >= 15 is 0 Å². The molecule has 1 aromatic carbocycles. The maximum absolute atomic E-state index is 12.5. The van der Waals surface area contributed by atoms with Gasteiger partial charge in [0.25, 0.3) is 0 Å². The Morgan fingerprint density at radius 2 is 2.05 bits per heavy atom. The van der Waals surface area contributed by atoms with Crippen LogP contribution in [0.25, 0.3) is 0 Å². The number of carbonyl (C=O) groups excluding carboxylic acids is 2. The number of amides is 1. The molecule has 4 unspecified atom stereocenters. The van der Waals surface area contributed by atoms with Gasteiger partial charge in [-0.1, -0.05) is 6.07 Å². The Kier molecular flexibility index (Phi) is 3.68. The summed E-state index contributed by atoms with van der Waals surface area (Å²) in [5, 5.41) is 2.89. The third-order valence-electron chi connectivity index (χ3n) is 4.83. The highest BCUT2D eigenvalue weighted by atomic mass is 16.5. The van der Waals surface area contributed by atoms with Crippen LogP contribution >= 0.6 is 0 Å². The number of esters is 1. The highest BCUT2D eigenvalue weighted by Crippen LogP contribution is 2.47. The Balaban J connectivity index is 1.72. The summed E-state index contributed by atoms with van der Waals surface area (Å²) in [7, 11) is 1.34. The van der Waals surface area contributed by atoms with Gasteiger partial charge in [0.1, 0.15) is 0 Å². The van der Waals surface area contributed by atoms with Crippen molar-refractivity contribution < 1.29 is 14.3 Å². The van der Waals surface area contributed by atoms with Gasteiger partial charge in [0.15, 0.2) is 0 Å². The fourth-order valence-corrected chi connectivity index (χ4v) is 3.79. The maximum atomic E-state index is 12.5. The predicted octanol–water partition coefficient (Wildman–Crippen LogP) is 1.79. The Morgan fingerprint density at radius 3 is 2.71 bits per heavy atom. The van der Waals surface area contributed by atoms with E-state index in [2.05, 4.69) is 10.1 Å². The summed E-state index contributed by atoms with van der Waals surface area (Å²) in [5.74, 6) is 0.353. The zero-order valence-electron chi connectivity index (χ0n) is 12.0. The predicted molar refractivity (Wildman–Crippen MR) is 78.7 cm³/mol. The molecule has 0 aliphatic heterocycles. The molecular weight excluding hydrogens is 268 g/mol. The van der Waals surface area contributed by atoms with E-state index in [1.807, 2.05) is 0 Å². The molecule has 2 aliphatic carbocycles. The van der Waals surface area contributed by atoms with Crippen molar-refractivity contribution in [1.82, 2.24) is 0 Å². The Bertz CT molecular complexity index is 570. The second kappa shape index (κ2) is 5.48. The molecule has 0 spiro atoms. The standard InChI is InChI=1S/C16H20N2O3/c1-21-16(20)11-3-2-4-12(8-11)18-15(19)13-9-5-6-10(7-9)14(13)17/h2-4,8-10,13-14H,5-7,17H2,1H3,(H,18,19). The van der Waals surface area contributed by atoms with Crippen molar-refractivity contribution in [3.63, 3.8) is 0 Å². The van der Waals surface area contributed by atoms with E-state index in [4.69, 9.17) is 5.73 Å². The lowest BCUT2D eigenvalue weighted by atomic mass is 9.84. The van der Waals surface area contributed by atoms with Gasteiger partial charge in [-0.3, -0.25) is 4.79 Å². The van der Waals surface area contributed by atoms with Crippen molar-refractivity contribution >= 4 is 17.6 Å².